The number of aryl methyl sites for hydroxylation is 1. The monoisotopic (exact) mass is 400 g/mol. The van der Waals surface area contributed by atoms with E-state index in [9.17, 15) is 9.18 Å². The van der Waals surface area contributed by atoms with Crippen molar-refractivity contribution in [3.05, 3.63) is 58.8 Å². The Morgan fingerprint density at radius 2 is 2.14 bits per heavy atom. The summed E-state index contributed by atoms with van der Waals surface area (Å²) in [6.07, 6.45) is 3.12. The highest BCUT2D eigenvalue weighted by molar-refractivity contribution is 6.30. The maximum absolute atomic E-state index is 14.3. The quantitative estimate of drug-likeness (QED) is 0.645. The third-order valence-corrected chi connectivity index (χ3v) is 5.03. The molecule has 1 amide bonds. The molecule has 1 unspecified atom stereocenters. The molecule has 0 N–H and O–H groups in total. The van der Waals surface area contributed by atoms with Crippen LogP contribution in [0.4, 0.5) is 10.1 Å². The maximum Gasteiger partial charge on any atom is 0.276 e. The lowest BCUT2D eigenvalue weighted by Crippen LogP contribution is -2.31. The maximum atomic E-state index is 14.3. The lowest BCUT2D eigenvalue weighted by atomic mass is 10.00. The third kappa shape index (κ3) is 3.75. The van der Waals surface area contributed by atoms with Crippen LogP contribution in [0, 0.1) is 12.7 Å². The molecule has 2 aromatic heterocycles. The zero-order chi connectivity index (χ0) is 19.7. The van der Waals surface area contributed by atoms with Crippen LogP contribution in [0.3, 0.4) is 0 Å². The topological polar surface area (TPSA) is 72.1 Å². The van der Waals surface area contributed by atoms with Gasteiger partial charge in [-0.1, -0.05) is 22.8 Å². The zero-order valence-electron chi connectivity index (χ0n) is 15.2. The lowest BCUT2D eigenvalue weighted by Gasteiger charge is -2.21. The molecule has 0 saturated carbocycles. The number of amides is 1. The summed E-state index contributed by atoms with van der Waals surface area (Å²) in [4.78, 5) is 22.9. The van der Waals surface area contributed by atoms with E-state index in [2.05, 4.69) is 15.1 Å². The Morgan fingerprint density at radius 3 is 2.89 bits per heavy atom. The predicted octanol–water partition coefficient (Wildman–Crippen LogP) is 4.53. The Bertz CT molecular complexity index is 1010. The van der Waals surface area contributed by atoms with Gasteiger partial charge in [0.05, 0.1) is 10.7 Å². The molecule has 8 heteroatoms. The van der Waals surface area contributed by atoms with E-state index >= 15 is 0 Å². The largest absolute Gasteiger partial charge is 0.332 e. The van der Waals surface area contributed by atoms with E-state index < -0.39 is 0 Å². The first-order chi connectivity index (χ1) is 13.5. The van der Waals surface area contributed by atoms with Crippen LogP contribution in [0.2, 0.25) is 5.02 Å². The standard InChI is InChI=1S/C20H18ClFN4O2/c1-12-4-7-17(15(22)9-12)26-8-2-3-13(10-18(26)27)19-24-20(28-25-19)16-6-5-14(21)11-23-16/h4-7,9,11,13H,2-3,8,10H2,1H3. The van der Waals surface area contributed by atoms with Gasteiger partial charge < -0.3 is 9.42 Å². The van der Waals surface area contributed by atoms with Gasteiger partial charge in [-0.3, -0.25) is 4.79 Å². The van der Waals surface area contributed by atoms with Gasteiger partial charge in [0.1, 0.15) is 11.5 Å². The zero-order valence-corrected chi connectivity index (χ0v) is 16.0. The van der Waals surface area contributed by atoms with Crippen molar-refractivity contribution in [2.45, 2.75) is 32.1 Å². The van der Waals surface area contributed by atoms with Crippen molar-refractivity contribution >= 4 is 23.2 Å². The highest BCUT2D eigenvalue weighted by atomic mass is 35.5. The van der Waals surface area contributed by atoms with Gasteiger partial charge in [-0.05, 0) is 49.6 Å². The summed E-state index contributed by atoms with van der Waals surface area (Å²) in [7, 11) is 0. The molecule has 144 valence electrons. The molecule has 0 aliphatic carbocycles. The number of pyridine rings is 1. The summed E-state index contributed by atoms with van der Waals surface area (Å²) in [5.74, 6) is 0.0237. The van der Waals surface area contributed by atoms with Crippen LogP contribution >= 0.6 is 11.6 Å². The highest BCUT2D eigenvalue weighted by Gasteiger charge is 2.30. The molecule has 28 heavy (non-hydrogen) atoms. The van der Waals surface area contributed by atoms with Crippen LogP contribution in [-0.4, -0.2) is 27.6 Å². The molecule has 0 bridgehead atoms. The molecular formula is C20H18ClFN4O2. The van der Waals surface area contributed by atoms with Gasteiger partial charge in [0, 0.05) is 25.1 Å². The van der Waals surface area contributed by atoms with Gasteiger partial charge in [-0.25, -0.2) is 9.37 Å². The number of rotatable bonds is 3. The number of carbonyl (C=O) groups excluding carboxylic acids is 1. The minimum absolute atomic E-state index is 0.152. The number of anilines is 1. The predicted molar refractivity (Wildman–Crippen MR) is 103 cm³/mol. The Hall–Kier alpha value is -2.80. The molecule has 3 aromatic rings. The average Bonchev–Trinajstić information content (AvgIpc) is 3.08. The molecular weight excluding hydrogens is 383 g/mol. The van der Waals surface area contributed by atoms with E-state index in [1.165, 1.54) is 17.2 Å². The van der Waals surface area contributed by atoms with Crippen molar-refractivity contribution in [2.24, 2.45) is 0 Å². The van der Waals surface area contributed by atoms with E-state index in [4.69, 9.17) is 16.1 Å². The molecule has 0 spiro atoms. The van der Waals surface area contributed by atoms with Crippen molar-refractivity contribution in [2.75, 3.05) is 11.4 Å². The minimum atomic E-state index is -0.387. The molecule has 4 rings (SSSR count). The normalized spacial score (nSPS) is 17.6. The van der Waals surface area contributed by atoms with E-state index in [0.29, 0.717) is 41.6 Å². The second-order valence-corrected chi connectivity index (χ2v) is 7.30. The van der Waals surface area contributed by atoms with Crippen LogP contribution in [0.15, 0.2) is 41.1 Å². The first-order valence-corrected chi connectivity index (χ1v) is 9.41. The van der Waals surface area contributed by atoms with Crippen LogP contribution in [0.5, 0.6) is 0 Å². The number of aromatic nitrogens is 3. The summed E-state index contributed by atoms with van der Waals surface area (Å²) in [6, 6.07) is 8.28. The fourth-order valence-corrected chi connectivity index (χ4v) is 3.47. The van der Waals surface area contributed by atoms with Crippen LogP contribution in [0.25, 0.3) is 11.6 Å². The summed E-state index contributed by atoms with van der Waals surface area (Å²) in [5.41, 5.74) is 1.65. The second kappa shape index (κ2) is 7.67. The van der Waals surface area contributed by atoms with Crippen LogP contribution < -0.4 is 4.90 Å². The van der Waals surface area contributed by atoms with Crippen molar-refractivity contribution < 1.29 is 13.7 Å². The van der Waals surface area contributed by atoms with E-state index in [-0.39, 0.29) is 30.0 Å². The molecule has 6 nitrogen and oxygen atoms in total. The number of hydrogen-bond donors (Lipinski definition) is 0. The lowest BCUT2D eigenvalue weighted by molar-refractivity contribution is -0.118. The summed E-state index contributed by atoms with van der Waals surface area (Å²) in [6.45, 7) is 2.27. The van der Waals surface area contributed by atoms with Crippen molar-refractivity contribution in [3.8, 4) is 11.6 Å². The molecule has 1 aliphatic rings. The van der Waals surface area contributed by atoms with Gasteiger partial charge in [-0.15, -0.1) is 0 Å². The minimum Gasteiger partial charge on any atom is -0.332 e. The molecule has 1 atom stereocenters. The molecule has 0 radical (unpaired) electrons. The summed E-state index contributed by atoms with van der Waals surface area (Å²) in [5, 5.41) is 4.55. The number of hydrogen-bond acceptors (Lipinski definition) is 5. The van der Waals surface area contributed by atoms with Gasteiger partial charge in [0.25, 0.3) is 5.89 Å². The molecule has 1 saturated heterocycles. The van der Waals surface area contributed by atoms with E-state index in [0.717, 1.165) is 5.56 Å². The SMILES string of the molecule is Cc1ccc(N2CCCC(c3noc(-c4ccc(Cl)cn4)n3)CC2=O)c(F)c1. The van der Waals surface area contributed by atoms with Gasteiger partial charge in [-0.2, -0.15) is 4.98 Å². The van der Waals surface area contributed by atoms with Gasteiger partial charge in [0.2, 0.25) is 5.91 Å². The van der Waals surface area contributed by atoms with Gasteiger partial charge >= 0.3 is 0 Å². The van der Waals surface area contributed by atoms with E-state index in [1.807, 2.05) is 6.92 Å². The first kappa shape index (κ1) is 18.6. The first-order valence-electron chi connectivity index (χ1n) is 9.03. The second-order valence-electron chi connectivity index (χ2n) is 6.86. The van der Waals surface area contributed by atoms with Crippen LogP contribution in [0.1, 0.15) is 36.6 Å². The highest BCUT2D eigenvalue weighted by Crippen LogP contribution is 2.31. The van der Waals surface area contributed by atoms with Crippen molar-refractivity contribution in [1.29, 1.82) is 0 Å². The Morgan fingerprint density at radius 1 is 1.29 bits per heavy atom. The summed E-state index contributed by atoms with van der Waals surface area (Å²) >= 11 is 5.85. The molecule has 1 aromatic carbocycles. The Labute approximate surface area is 166 Å². The number of halogens is 2. The Balaban J connectivity index is 1.53. The average molecular weight is 401 g/mol. The summed E-state index contributed by atoms with van der Waals surface area (Å²) < 4.78 is 19.6. The third-order valence-electron chi connectivity index (χ3n) is 4.80. The van der Waals surface area contributed by atoms with E-state index in [1.54, 1.807) is 24.3 Å². The molecule has 1 fully saturated rings. The smallest absolute Gasteiger partial charge is 0.276 e. The van der Waals surface area contributed by atoms with Crippen molar-refractivity contribution in [1.82, 2.24) is 15.1 Å². The molecule has 3 heterocycles. The van der Waals surface area contributed by atoms with Gasteiger partial charge in [0.15, 0.2) is 5.82 Å². The molecule has 1 aliphatic heterocycles. The number of benzene rings is 1. The Kier molecular flexibility index (Phi) is 5.09. The number of carbonyl (C=O) groups is 1. The van der Waals surface area contributed by atoms with Crippen LogP contribution in [-0.2, 0) is 4.79 Å². The fraction of sp³-hybridized carbons (Fsp3) is 0.300. The number of nitrogens with zero attached hydrogens (tertiary/aromatic N) is 4. The fourth-order valence-electron chi connectivity index (χ4n) is 3.36. The van der Waals surface area contributed by atoms with Crippen molar-refractivity contribution in [3.63, 3.8) is 0 Å².